The van der Waals surface area contributed by atoms with Crippen LogP contribution in [0.2, 0.25) is 24.7 Å². The molecule has 0 aliphatic rings. The number of amides is 1. The Morgan fingerprint density at radius 1 is 1.35 bits per heavy atom. The maximum Gasteiger partial charge on any atom is 0.256 e. The van der Waals surface area contributed by atoms with Crippen molar-refractivity contribution < 1.29 is 9.59 Å². The van der Waals surface area contributed by atoms with Crippen LogP contribution < -0.4 is 0 Å². The van der Waals surface area contributed by atoms with Gasteiger partial charge in [-0.25, -0.2) is 0 Å². The molecule has 1 aromatic carbocycles. The van der Waals surface area contributed by atoms with E-state index >= 15 is 0 Å². The van der Waals surface area contributed by atoms with E-state index in [0.29, 0.717) is 22.4 Å². The van der Waals surface area contributed by atoms with Crippen molar-refractivity contribution in [3.05, 3.63) is 34.3 Å². The molecule has 0 bridgehead atoms. The second kappa shape index (κ2) is 6.55. The molecule has 1 aromatic rings. The largest absolute Gasteiger partial charge is 0.339 e. The molecule has 1 rings (SSSR count). The van der Waals surface area contributed by atoms with E-state index in [-0.39, 0.29) is 11.9 Å². The van der Waals surface area contributed by atoms with Gasteiger partial charge in [0.2, 0.25) is 0 Å². The summed E-state index contributed by atoms with van der Waals surface area (Å²) in [6, 6.07) is 5.03. The number of hydrogen-bond acceptors (Lipinski definition) is 2. The highest BCUT2D eigenvalue weighted by Crippen LogP contribution is 2.23. The molecule has 0 atom stereocenters. The molecular formula is C15H22ClNO2Si. The van der Waals surface area contributed by atoms with Gasteiger partial charge in [0.05, 0.1) is 18.7 Å². The first-order chi connectivity index (χ1) is 9.17. The van der Waals surface area contributed by atoms with Crippen molar-refractivity contribution in [2.45, 2.75) is 39.5 Å². The smallest absolute Gasteiger partial charge is 0.256 e. The van der Waals surface area contributed by atoms with Crippen LogP contribution in [0.4, 0.5) is 0 Å². The van der Waals surface area contributed by atoms with Crippen LogP contribution in [-0.4, -0.2) is 37.4 Å². The zero-order valence-electron chi connectivity index (χ0n) is 12.7. The molecule has 0 aliphatic heterocycles. The lowest BCUT2D eigenvalue weighted by molar-refractivity contribution is 0.0734. The third-order valence-corrected chi connectivity index (χ3v) is 4.52. The van der Waals surface area contributed by atoms with Crippen molar-refractivity contribution in [1.82, 2.24) is 4.90 Å². The van der Waals surface area contributed by atoms with Crippen molar-refractivity contribution in [1.29, 1.82) is 0 Å². The van der Waals surface area contributed by atoms with Gasteiger partial charge in [-0.2, -0.15) is 0 Å². The number of hydrogen-bond donors (Lipinski definition) is 0. The lowest BCUT2D eigenvalue weighted by atomic mass is 10.1. The molecule has 0 aromatic heterocycles. The Labute approximate surface area is 126 Å². The number of rotatable bonds is 5. The third-order valence-electron chi connectivity index (χ3n) is 2.92. The van der Waals surface area contributed by atoms with E-state index in [1.807, 2.05) is 18.7 Å². The monoisotopic (exact) mass is 311 g/mol. The quantitative estimate of drug-likeness (QED) is 0.611. The molecular weight excluding hydrogens is 290 g/mol. The predicted octanol–water partition coefficient (Wildman–Crippen LogP) is 3.88. The standard InChI is InChI=1S/C15H22ClNO2Si/c1-11(2)17(10-20(3,4)5)15(19)14-12(9-18)7-6-8-13(14)16/h6-9,11H,10H2,1-5H3. The molecule has 5 heteroatoms. The normalized spacial score (nSPS) is 11.6. The van der Waals surface area contributed by atoms with Gasteiger partial charge in [-0.1, -0.05) is 43.4 Å². The van der Waals surface area contributed by atoms with Crippen LogP contribution in [0.25, 0.3) is 0 Å². The maximum atomic E-state index is 12.8. The summed E-state index contributed by atoms with van der Waals surface area (Å²) in [7, 11) is -1.45. The van der Waals surface area contributed by atoms with E-state index in [1.54, 1.807) is 18.2 Å². The van der Waals surface area contributed by atoms with E-state index in [2.05, 4.69) is 19.6 Å². The second-order valence-electron chi connectivity index (χ2n) is 6.41. The van der Waals surface area contributed by atoms with Crippen molar-refractivity contribution in [3.8, 4) is 0 Å². The van der Waals surface area contributed by atoms with E-state index in [1.165, 1.54) is 0 Å². The summed E-state index contributed by atoms with van der Waals surface area (Å²) < 4.78 is 0. The van der Waals surface area contributed by atoms with Crippen LogP contribution in [-0.2, 0) is 0 Å². The Kier molecular flexibility index (Phi) is 5.54. The van der Waals surface area contributed by atoms with Gasteiger partial charge >= 0.3 is 0 Å². The van der Waals surface area contributed by atoms with E-state index in [0.717, 1.165) is 6.17 Å². The Morgan fingerprint density at radius 3 is 2.40 bits per heavy atom. The first-order valence-electron chi connectivity index (χ1n) is 6.72. The predicted molar refractivity (Wildman–Crippen MR) is 86.4 cm³/mol. The minimum Gasteiger partial charge on any atom is -0.339 e. The summed E-state index contributed by atoms with van der Waals surface area (Å²) in [4.78, 5) is 25.7. The van der Waals surface area contributed by atoms with Gasteiger partial charge in [0.1, 0.15) is 0 Å². The van der Waals surface area contributed by atoms with Crippen molar-refractivity contribution in [2.75, 3.05) is 6.17 Å². The first kappa shape index (κ1) is 16.9. The summed E-state index contributed by atoms with van der Waals surface area (Å²) in [6.07, 6.45) is 1.43. The minimum absolute atomic E-state index is 0.0741. The number of carbonyl (C=O) groups excluding carboxylic acids is 2. The SMILES string of the molecule is CC(C)N(C[Si](C)(C)C)C(=O)c1c(Cl)cccc1C=O. The highest BCUT2D eigenvalue weighted by molar-refractivity contribution is 6.76. The number of aldehydes is 1. The Morgan fingerprint density at radius 2 is 1.95 bits per heavy atom. The van der Waals surface area contributed by atoms with Gasteiger partial charge in [0, 0.05) is 17.8 Å². The summed E-state index contributed by atoms with van der Waals surface area (Å²) in [5.41, 5.74) is 0.667. The molecule has 1 amide bonds. The minimum atomic E-state index is -1.45. The van der Waals surface area contributed by atoms with Gasteiger partial charge in [-0.05, 0) is 19.9 Å². The van der Waals surface area contributed by atoms with E-state index < -0.39 is 8.07 Å². The molecule has 0 N–H and O–H groups in total. The van der Waals surface area contributed by atoms with Crippen molar-refractivity contribution in [2.24, 2.45) is 0 Å². The highest BCUT2D eigenvalue weighted by Gasteiger charge is 2.28. The van der Waals surface area contributed by atoms with Crippen LogP contribution in [0.3, 0.4) is 0 Å². The fraction of sp³-hybridized carbons (Fsp3) is 0.467. The fourth-order valence-electron chi connectivity index (χ4n) is 2.01. The average molecular weight is 312 g/mol. The summed E-state index contributed by atoms with van der Waals surface area (Å²) in [5.74, 6) is -0.157. The Bertz CT molecular complexity index is 509. The number of halogens is 1. The summed E-state index contributed by atoms with van der Waals surface area (Å²) in [5, 5.41) is 0.334. The van der Waals surface area contributed by atoms with Crippen LogP contribution in [0.15, 0.2) is 18.2 Å². The summed E-state index contributed by atoms with van der Waals surface area (Å²) in [6.45, 7) is 10.6. The number of nitrogens with zero attached hydrogens (tertiary/aromatic N) is 1. The van der Waals surface area contributed by atoms with Crippen LogP contribution in [0.5, 0.6) is 0 Å². The molecule has 0 aliphatic carbocycles. The van der Waals surface area contributed by atoms with Gasteiger partial charge in [0.15, 0.2) is 6.29 Å². The molecule has 0 fully saturated rings. The molecule has 110 valence electrons. The van der Waals surface area contributed by atoms with Gasteiger partial charge in [-0.3, -0.25) is 9.59 Å². The molecule has 0 heterocycles. The maximum absolute atomic E-state index is 12.8. The van der Waals surface area contributed by atoms with E-state index in [4.69, 9.17) is 11.6 Å². The van der Waals surface area contributed by atoms with Crippen LogP contribution in [0, 0.1) is 0 Å². The van der Waals surface area contributed by atoms with Gasteiger partial charge in [-0.15, -0.1) is 0 Å². The highest BCUT2D eigenvalue weighted by atomic mass is 35.5. The Hall–Kier alpha value is -1.13. The van der Waals surface area contributed by atoms with Gasteiger partial charge < -0.3 is 4.90 Å². The average Bonchev–Trinajstić information content (AvgIpc) is 2.33. The molecule has 0 spiro atoms. The summed E-state index contributed by atoms with van der Waals surface area (Å²) >= 11 is 6.13. The van der Waals surface area contributed by atoms with Crippen LogP contribution >= 0.6 is 11.6 Å². The number of benzene rings is 1. The topological polar surface area (TPSA) is 37.4 Å². The van der Waals surface area contributed by atoms with E-state index in [9.17, 15) is 9.59 Å². The lowest BCUT2D eigenvalue weighted by Crippen LogP contribution is -2.47. The van der Waals surface area contributed by atoms with Crippen molar-refractivity contribution >= 4 is 31.9 Å². The molecule has 20 heavy (non-hydrogen) atoms. The second-order valence-corrected chi connectivity index (χ2v) is 12.3. The molecule has 0 saturated carbocycles. The third kappa shape index (κ3) is 4.18. The first-order valence-corrected chi connectivity index (χ1v) is 10.8. The zero-order chi connectivity index (χ0) is 15.5. The molecule has 0 saturated heterocycles. The zero-order valence-corrected chi connectivity index (χ0v) is 14.5. The molecule has 3 nitrogen and oxygen atoms in total. The Balaban J connectivity index is 3.23. The number of carbonyl (C=O) groups is 2. The van der Waals surface area contributed by atoms with Gasteiger partial charge in [0.25, 0.3) is 5.91 Å². The molecule has 0 unspecified atom stereocenters. The van der Waals surface area contributed by atoms with Crippen LogP contribution in [0.1, 0.15) is 34.6 Å². The fourth-order valence-corrected chi connectivity index (χ4v) is 3.80. The lowest BCUT2D eigenvalue weighted by Gasteiger charge is -2.32. The molecule has 0 radical (unpaired) electrons. The van der Waals surface area contributed by atoms with Crippen molar-refractivity contribution in [3.63, 3.8) is 0 Å².